The molecular formula is C45H54ClN7O8S2. The summed E-state index contributed by atoms with van der Waals surface area (Å²) in [6.07, 6.45) is 1.68. The van der Waals surface area contributed by atoms with E-state index in [2.05, 4.69) is 34.1 Å². The molecule has 2 aromatic carbocycles. The molecule has 15 nitrogen and oxygen atoms in total. The number of aromatic nitrogens is 2. The van der Waals surface area contributed by atoms with Crippen LogP contribution in [0.5, 0.6) is 11.5 Å². The Bertz CT molecular complexity index is 2480. The zero-order valence-corrected chi connectivity index (χ0v) is 38.1. The molecule has 0 radical (unpaired) electrons. The molecule has 2 saturated carbocycles. The normalized spacial score (nSPS) is 26.1. The van der Waals surface area contributed by atoms with Crippen molar-refractivity contribution in [3.63, 3.8) is 0 Å². The van der Waals surface area contributed by atoms with Gasteiger partial charge in [0, 0.05) is 49.4 Å². The van der Waals surface area contributed by atoms with Crippen molar-refractivity contribution in [2.45, 2.75) is 100 Å². The second-order valence-electron chi connectivity index (χ2n) is 17.6. The first-order chi connectivity index (χ1) is 30.3. The molecule has 3 aliphatic heterocycles. The summed E-state index contributed by atoms with van der Waals surface area (Å²) in [5.41, 5.74) is 1.51. The van der Waals surface area contributed by atoms with Crippen LogP contribution in [0.1, 0.15) is 70.1 Å². The SMILES string of the molecule is CC[C@@H]1C[C@]1(NC(=O)[C@@H]1C[C@@H](Oc2cc(-c3nc(C(C)C)cs3)nc3c(Cl)c(OCCN4CCOCC4)ccc23)[C@H]2CN[C@H](Cc3ccccc3)C(=O)N21)C(=O)NS(=O)(=O)C1CC1. The summed E-state index contributed by atoms with van der Waals surface area (Å²) in [7, 11) is -3.86. The molecule has 0 unspecified atom stereocenters. The average molecular weight is 921 g/mol. The Labute approximate surface area is 376 Å². The number of morpholine rings is 1. The quantitative estimate of drug-likeness (QED) is 0.142. The summed E-state index contributed by atoms with van der Waals surface area (Å²) in [4.78, 5) is 56.8. The minimum absolute atomic E-state index is 0.112. The van der Waals surface area contributed by atoms with E-state index < -0.39 is 56.9 Å². The van der Waals surface area contributed by atoms with Crippen molar-refractivity contribution in [3.05, 3.63) is 70.2 Å². The van der Waals surface area contributed by atoms with Crippen LogP contribution in [-0.4, -0.2) is 127 Å². The Kier molecular flexibility index (Phi) is 12.4. The summed E-state index contributed by atoms with van der Waals surface area (Å²) < 4.78 is 46.7. The van der Waals surface area contributed by atoms with Gasteiger partial charge in [0.1, 0.15) is 51.5 Å². The first-order valence-corrected chi connectivity index (χ1v) is 24.8. The molecule has 0 bridgehead atoms. The van der Waals surface area contributed by atoms with Crippen molar-refractivity contribution in [1.29, 1.82) is 0 Å². The number of piperazine rings is 1. The number of pyridine rings is 1. The lowest BCUT2D eigenvalue weighted by Gasteiger charge is -2.39. The fourth-order valence-corrected chi connectivity index (χ4v) is 11.7. The van der Waals surface area contributed by atoms with Crippen molar-refractivity contribution in [3.8, 4) is 22.2 Å². The monoisotopic (exact) mass is 919 g/mol. The van der Waals surface area contributed by atoms with Gasteiger partial charge in [-0.3, -0.25) is 24.0 Å². The highest BCUT2D eigenvalue weighted by molar-refractivity contribution is 7.91. The van der Waals surface area contributed by atoms with Gasteiger partial charge < -0.3 is 29.7 Å². The van der Waals surface area contributed by atoms with Gasteiger partial charge in [0.2, 0.25) is 21.8 Å². The molecule has 3 N–H and O–H groups in total. The van der Waals surface area contributed by atoms with E-state index in [0.29, 0.717) is 103 Å². The number of nitrogens with one attached hydrogen (secondary N) is 3. The standard InChI is InChI=1S/C45H54ClN7O8S2/c1-4-28-23-45(28,44(56)51-63(57,58)29-10-11-29)50-41(54)34-22-38(35-24-47-32(43(55)53(34)35)20-27-8-6-5-7-9-27)61-37-21-31(42-49-33(25-62-42)26(2)3)48-40-30(37)12-13-36(39(40)46)60-19-16-52-14-17-59-18-15-52/h5-9,12-13,21,25-26,28-29,32,34-35,38,47H,4,10-11,14-20,22-24H2,1-3H3,(H,50,54)(H,51,56)/t28-,32-,34+,35-,38-,45-/m1/s1. The molecule has 336 valence electrons. The second kappa shape index (κ2) is 17.9. The highest BCUT2D eigenvalue weighted by atomic mass is 35.5. The molecule has 6 atom stereocenters. The summed E-state index contributed by atoms with van der Waals surface area (Å²) in [6, 6.07) is 13.0. The van der Waals surface area contributed by atoms with E-state index in [-0.39, 0.29) is 24.2 Å². The maximum Gasteiger partial charge on any atom is 0.259 e. The minimum atomic E-state index is -3.86. The topological polar surface area (TPSA) is 181 Å². The van der Waals surface area contributed by atoms with Crippen LogP contribution < -0.4 is 24.8 Å². The maximum absolute atomic E-state index is 14.7. The Hall–Kier alpha value is -4.39. The van der Waals surface area contributed by atoms with E-state index in [1.165, 1.54) is 11.3 Å². The Morgan fingerprint density at radius 3 is 2.57 bits per heavy atom. The van der Waals surface area contributed by atoms with Crippen molar-refractivity contribution in [1.82, 2.24) is 35.1 Å². The predicted molar refractivity (Wildman–Crippen MR) is 239 cm³/mol. The van der Waals surface area contributed by atoms with Gasteiger partial charge in [-0.25, -0.2) is 18.4 Å². The highest BCUT2D eigenvalue weighted by Gasteiger charge is 2.63. The molecule has 18 heteroatoms. The fourth-order valence-electron chi connectivity index (χ4n) is 9.11. The number of amides is 3. The lowest BCUT2D eigenvalue weighted by Crippen LogP contribution is -2.65. The fraction of sp³-hybridized carbons (Fsp3) is 0.533. The minimum Gasteiger partial charge on any atom is -0.491 e. The van der Waals surface area contributed by atoms with Gasteiger partial charge in [0.25, 0.3) is 5.91 Å². The zero-order chi connectivity index (χ0) is 44.0. The smallest absolute Gasteiger partial charge is 0.259 e. The van der Waals surface area contributed by atoms with E-state index >= 15 is 0 Å². The molecule has 4 aromatic rings. The molecule has 2 aliphatic carbocycles. The van der Waals surface area contributed by atoms with Crippen LogP contribution in [0.15, 0.2) is 53.9 Å². The molecule has 5 heterocycles. The molecule has 0 spiro atoms. The maximum atomic E-state index is 14.7. The van der Waals surface area contributed by atoms with Crippen molar-refractivity contribution in [2.24, 2.45) is 5.92 Å². The van der Waals surface area contributed by atoms with Gasteiger partial charge in [-0.1, -0.05) is 69.1 Å². The van der Waals surface area contributed by atoms with E-state index in [4.69, 9.17) is 35.8 Å². The van der Waals surface area contributed by atoms with E-state index in [1.54, 1.807) is 4.90 Å². The Morgan fingerprint density at radius 1 is 1.10 bits per heavy atom. The third-order valence-corrected chi connectivity index (χ3v) is 16.1. The van der Waals surface area contributed by atoms with Gasteiger partial charge in [-0.2, -0.15) is 0 Å². The second-order valence-corrected chi connectivity index (χ2v) is 20.8. The lowest BCUT2D eigenvalue weighted by molar-refractivity contribution is -0.145. The molecule has 9 rings (SSSR count). The number of carbonyl (C=O) groups is 3. The molecular weight excluding hydrogens is 866 g/mol. The predicted octanol–water partition coefficient (Wildman–Crippen LogP) is 4.67. The van der Waals surface area contributed by atoms with Crippen LogP contribution in [-0.2, 0) is 35.6 Å². The lowest BCUT2D eigenvalue weighted by atomic mass is 10.0. The van der Waals surface area contributed by atoms with Crippen molar-refractivity contribution < 1.29 is 37.0 Å². The number of rotatable bonds is 16. The van der Waals surface area contributed by atoms with Crippen LogP contribution in [0, 0.1) is 5.92 Å². The number of hydrogen-bond donors (Lipinski definition) is 3. The summed E-state index contributed by atoms with van der Waals surface area (Å²) in [6.45, 7) is 10.6. The number of fused-ring (bicyclic) bond motifs is 2. The summed E-state index contributed by atoms with van der Waals surface area (Å²) in [5, 5.41) is 9.47. The van der Waals surface area contributed by atoms with Crippen LogP contribution in [0.25, 0.3) is 21.6 Å². The summed E-state index contributed by atoms with van der Waals surface area (Å²) in [5.74, 6) is -0.634. The number of halogens is 1. The van der Waals surface area contributed by atoms with Crippen molar-refractivity contribution >= 4 is 61.6 Å². The summed E-state index contributed by atoms with van der Waals surface area (Å²) >= 11 is 8.61. The highest BCUT2D eigenvalue weighted by Crippen LogP contribution is 2.47. The molecule has 3 saturated heterocycles. The Morgan fingerprint density at radius 2 is 1.87 bits per heavy atom. The number of ether oxygens (including phenoxy) is 3. The van der Waals surface area contributed by atoms with E-state index in [1.807, 2.05) is 60.8 Å². The number of hydrogen-bond acceptors (Lipinski definition) is 13. The van der Waals surface area contributed by atoms with E-state index in [9.17, 15) is 22.8 Å². The number of sulfonamides is 1. The third-order valence-electron chi connectivity index (χ3n) is 13.1. The largest absolute Gasteiger partial charge is 0.491 e. The van der Waals surface area contributed by atoms with Crippen LogP contribution in [0.4, 0.5) is 0 Å². The van der Waals surface area contributed by atoms with Gasteiger partial charge >= 0.3 is 0 Å². The molecule has 63 heavy (non-hydrogen) atoms. The molecule has 2 aromatic heterocycles. The molecule has 5 aliphatic rings. The van der Waals surface area contributed by atoms with Gasteiger partial charge in [0.15, 0.2) is 0 Å². The number of carbonyl (C=O) groups excluding carboxylic acids is 3. The Balaban J connectivity index is 1.03. The third kappa shape index (κ3) is 9.01. The van der Waals surface area contributed by atoms with Crippen molar-refractivity contribution in [2.75, 3.05) is 46.0 Å². The van der Waals surface area contributed by atoms with Gasteiger partial charge in [-0.05, 0) is 55.2 Å². The van der Waals surface area contributed by atoms with Crippen LogP contribution in [0.2, 0.25) is 5.02 Å². The van der Waals surface area contributed by atoms with Crippen LogP contribution >= 0.6 is 22.9 Å². The first kappa shape index (κ1) is 43.8. The van der Waals surface area contributed by atoms with E-state index in [0.717, 1.165) is 24.3 Å². The zero-order valence-electron chi connectivity index (χ0n) is 35.7. The van der Waals surface area contributed by atoms with Crippen LogP contribution in [0.3, 0.4) is 0 Å². The number of nitrogens with zero attached hydrogens (tertiary/aromatic N) is 4. The first-order valence-electron chi connectivity index (χ1n) is 22.0. The average Bonchev–Trinajstić information content (AvgIpc) is 4.17. The molecule has 5 fully saturated rings. The molecule has 3 amide bonds. The number of thiazole rings is 1. The van der Waals surface area contributed by atoms with Gasteiger partial charge in [-0.15, -0.1) is 11.3 Å². The van der Waals surface area contributed by atoms with Gasteiger partial charge in [0.05, 0.1) is 41.8 Å². The number of benzene rings is 2.